The number of amides is 1. The molecule has 21 heavy (non-hydrogen) atoms. The summed E-state index contributed by atoms with van der Waals surface area (Å²) in [6.07, 6.45) is 0. The predicted molar refractivity (Wildman–Crippen MR) is 73.5 cm³/mol. The molecular weight excluding hydrogens is 276 g/mol. The molecule has 0 spiro atoms. The Morgan fingerprint density at radius 2 is 2.10 bits per heavy atom. The predicted octanol–water partition coefficient (Wildman–Crippen LogP) is 2.04. The molecule has 2 heterocycles. The summed E-state index contributed by atoms with van der Waals surface area (Å²) in [5.74, 6) is -0.515. The van der Waals surface area contributed by atoms with Gasteiger partial charge in [0.25, 0.3) is 11.8 Å². The third-order valence-electron chi connectivity index (χ3n) is 2.81. The molecule has 0 atom stereocenters. The first-order chi connectivity index (χ1) is 10.2. The Morgan fingerprint density at radius 1 is 1.29 bits per heavy atom. The summed E-state index contributed by atoms with van der Waals surface area (Å²) >= 11 is 0. The highest BCUT2D eigenvalue weighted by molar-refractivity contribution is 6.02. The molecule has 0 aliphatic heterocycles. The van der Waals surface area contributed by atoms with E-state index < -0.39 is 11.5 Å². The molecule has 0 saturated carbocycles. The Labute approximate surface area is 118 Å². The van der Waals surface area contributed by atoms with E-state index in [1.807, 2.05) is 0 Å². The number of aromatic nitrogens is 1. The van der Waals surface area contributed by atoms with Crippen LogP contribution in [0, 0.1) is 0 Å². The van der Waals surface area contributed by atoms with E-state index in [0.717, 1.165) is 0 Å². The highest BCUT2D eigenvalue weighted by Crippen LogP contribution is 2.16. The van der Waals surface area contributed by atoms with Crippen LogP contribution in [0.2, 0.25) is 0 Å². The zero-order valence-corrected chi connectivity index (χ0v) is 11.0. The monoisotopic (exact) mass is 286 g/mol. The van der Waals surface area contributed by atoms with Crippen molar-refractivity contribution in [3.8, 4) is 5.88 Å². The number of nitrogens with zero attached hydrogens (tertiary/aromatic N) is 1. The lowest BCUT2D eigenvalue weighted by atomic mass is 10.2. The number of para-hydroxylation sites is 1. The molecule has 7 heteroatoms. The molecule has 0 aliphatic rings. The van der Waals surface area contributed by atoms with E-state index in [4.69, 9.17) is 13.7 Å². The lowest BCUT2D eigenvalue weighted by molar-refractivity contribution is 0.0987. The van der Waals surface area contributed by atoms with Gasteiger partial charge in [0.1, 0.15) is 11.3 Å². The molecule has 106 valence electrons. The highest BCUT2D eigenvalue weighted by atomic mass is 16.5. The highest BCUT2D eigenvalue weighted by Gasteiger charge is 2.16. The molecule has 7 nitrogen and oxygen atoms in total. The van der Waals surface area contributed by atoms with Gasteiger partial charge in [0.05, 0.1) is 13.2 Å². The van der Waals surface area contributed by atoms with Gasteiger partial charge in [-0.05, 0) is 17.3 Å². The van der Waals surface area contributed by atoms with E-state index in [-0.39, 0.29) is 17.3 Å². The molecule has 0 saturated heterocycles. The number of nitrogens with one attached hydrogen (secondary N) is 1. The Balaban J connectivity index is 1.92. The fraction of sp³-hybridized carbons (Fsp3) is 0.0714. The Hall–Kier alpha value is -3.09. The molecular formula is C14H10N2O5. The third kappa shape index (κ3) is 2.48. The van der Waals surface area contributed by atoms with Crippen molar-refractivity contribution >= 4 is 22.6 Å². The van der Waals surface area contributed by atoms with Gasteiger partial charge in [0, 0.05) is 5.39 Å². The van der Waals surface area contributed by atoms with Crippen LogP contribution in [0.25, 0.3) is 11.0 Å². The molecule has 2 aromatic heterocycles. The van der Waals surface area contributed by atoms with Crippen LogP contribution in [0.15, 0.2) is 50.1 Å². The number of benzene rings is 1. The molecule has 0 radical (unpaired) electrons. The van der Waals surface area contributed by atoms with Crippen molar-refractivity contribution in [2.45, 2.75) is 0 Å². The number of rotatable bonds is 3. The number of methoxy groups -OCH3 is 1. The first kappa shape index (κ1) is 12.9. The minimum absolute atomic E-state index is 0.0223. The fourth-order valence-corrected chi connectivity index (χ4v) is 1.80. The maximum atomic E-state index is 12.0. The van der Waals surface area contributed by atoms with Crippen LogP contribution in [-0.2, 0) is 0 Å². The second kappa shape index (κ2) is 5.12. The van der Waals surface area contributed by atoms with E-state index in [1.54, 1.807) is 24.3 Å². The van der Waals surface area contributed by atoms with Crippen LogP contribution in [0.3, 0.4) is 0 Å². The van der Waals surface area contributed by atoms with Crippen LogP contribution < -0.4 is 15.7 Å². The Morgan fingerprint density at radius 3 is 2.86 bits per heavy atom. The van der Waals surface area contributed by atoms with Crippen molar-refractivity contribution in [3.63, 3.8) is 0 Å². The summed E-state index contributed by atoms with van der Waals surface area (Å²) in [6, 6.07) is 9.85. The summed E-state index contributed by atoms with van der Waals surface area (Å²) in [5, 5.41) is 6.63. The van der Waals surface area contributed by atoms with Crippen LogP contribution >= 0.6 is 0 Å². The van der Waals surface area contributed by atoms with Crippen LogP contribution in [-0.4, -0.2) is 18.2 Å². The van der Waals surface area contributed by atoms with Crippen LogP contribution in [0.5, 0.6) is 5.88 Å². The molecule has 3 rings (SSSR count). The van der Waals surface area contributed by atoms with E-state index in [1.165, 1.54) is 19.2 Å². The summed E-state index contributed by atoms with van der Waals surface area (Å²) in [4.78, 5) is 23.8. The quantitative estimate of drug-likeness (QED) is 0.740. The standard InChI is InChI=1S/C14H10N2O5/c1-19-12-7-11(21-16-12)13(17)15-9-6-8-4-2-3-5-10(8)20-14(9)18/h2-7H,1H3,(H,15,17). The Kier molecular flexibility index (Phi) is 3.15. The van der Waals surface area contributed by atoms with Gasteiger partial charge in [0.15, 0.2) is 0 Å². The first-order valence-corrected chi connectivity index (χ1v) is 6.02. The number of hydrogen-bond acceptors (Lipinski definition) is 6. The van der Waals surface area contributed by atoms with Gasteiger partial charge in [-0.25, -0.2) is 4.79 Å². The number of fused-ring (bicyclic) bond motifs is 1. The summed E-state index contributed by atoms with van der Waals surface area (Å²) in [5.41, 5.74) is -0.176. The largest absolute Gasteiger partial charge is 0.479 e. The molecule has 0 unspecified atom stereocenters. The zero-order valence-electron chi connectivity index (χ0n) is 11.0. The van der Waals surface area contributed by atoms with Gasteiger partial charge in [-0.2, -0.15) is 0 Å². The third-order valence-corrected chi connectivity index (χ3v) is 2.81. The van der Waals surface area contributed by atoms with E-state index in [0.29, 0.717) is 11.0 Å². The van der Waals surface area contributed by atoms with Crippen molar-refractivity contribution in [1.82, 2.24) is 5.16 Å². The van der Waals surface area contributed by atoms with Crippen molar-refractivity contribution in [2.75, 3.05) is 12.4 Å². The minimum Gasteiger partial charge on any atom is -0.479 e. The topological polar surface area (TPSA) is 94.6 Å². The average Bonchev–Trinajstić information content (AvgIpc) is 2.97. The summed E-state index contributed by atoms with van der Waals surface area (Å²) in [6.45, 7) is 0. The molecule has 1 N–H and O–H groups in total. The van der Waals surface area contributed by atoms with E-state index in [9.17, 15) is 9.59 Å². The van der Waals surface area contributed by atoms with Gasteiger partial charge >= 0.3 is 5.63 Å². The SMILES string of the molecule is COc1cc(C(=O)Nc2cc3ccccc3oc2=O)on1. The normalized spacial score (nSPS) is 10.5. The van der Waals surface area contributed by atoms with Crippen molar-refractivity contribution in [2.24, 2.45) is 0 Å². The molecule has 0 bridgehead atoms. The number of carbonyl (C=O) groups is 1. The zero-order chi connectivity index (χ0) is 14.8. The van der Waals surface area contributed by atoms with Crippen molar-refractivity contribution < 1.29 is 18.5 Å². The average molecular weight is 286 g/mol. The second-order valence-electron chi connectivity index (χ2n) is 4.17. The van der Waals surface area contributed by atoms with Crippen LogP contribution in [0.1, 0.15) is 10.6 Å². The molecule has 0 aliphatic carbocycles. The lowest BCUT2D eigenvalue weighted by Crippen LogP contribution is -2.17. The van der Waals surface area contributed by atoms with Gasteiger partial charge in [-0.1, -0.05) is 18.2 Å². The van der Waals surface area contributed by atoms with Gasteiger partial charge < -0.3 is 19.0 Å². The molecule has 1 amide bonds. The minimum atomic E-state index is -0.645. The molecule has 0 fully saturated rings. The maximum absolute atomic E-state index is 12.0. The van der Waals surface area contributed by atoms with E-state index in [2.05, 4.69) is 10.5 Å². The molecule has 3 aromatic rings. The number of hydrogen-bond donors (Lipinski definition) is 1. The van der Waals surface area contributed by atoms with Crippen LogP contribution in [0.4, 0.5) is 5.69 Å². The first-order valence-electron chi connectivity index (χ1n) is 6.02. The molecule has 1 aromatic carbocycles. The summed E-state index contributed by atoms with van der Waals surface area (Å²) in [7, 11) is 1.40. The number of ether oxygens (including phenoxy) is 1. The van der Waals surface area contributed by atoms with E-state index >= 15 is 0 Å². The Bertz CT molecular complexity index is 865. The second-order valence-corrected chi connectivity index (χ2v) is 4.17. The van der Waals surface area contributed by atoms with Crippen molar-refractivity contribution in [3.05, 3.63) is 52.6 Å². The maximum Gasteiger partial charge on any atom is 0.360 e. The number of carbonyl (C=O) groups excluding carboxylic acids is 1. The fourth-order valence-electron chi connectivity index (χ4n) is 1.80. The smallest absolute Gasteiger partial charge is 0.360 e. The lowest BCUT2D eigenvalue weighted by Gasteiger charge is -2.02. The van der Waals surface area contributed by atoms with Crippen molar-refractivity contribution in [1.29, 1.82) is 0 Å². The van der Waals surface area contributed by atoms with Gasteiger partial charge in [-0.3, -0.25) is 4.79 Å². The number of anilines is 1. The van der Waals surface area contributed by atoms with Gasteiger partial charge in [0.2, 0.25) is 5.76 Å². The summed E-state index contributed by atoms with van der Waals surface area (Å²) < 4.78 is 14.7. The van der Waals surface area contributed by atoms with Gasteiger partial charge in [-0.15, -0.1) is 0 Å².